The lowest BCUT2D eigenvalue weighted by Crippen LogP contribution is -2.37. The molecular formula is C9H17N5O2. The van der Waals surface area contributed by atoms with Crippen molar-refractivity contribution < 1.29 is 9.90 Å². The van der Waals surface area contributed by atoms with Gasteiger partial charge in [0.25, 0.3) is 0 Å². The fourth-order valence-electron chi connectivity index (χ4n) is 1.51. The van der Waals surface area contributed by atoms with Crippen molar-refractivity contribution in [2.45, 2.75) is 26.7 Å². The van der Waals surface area contributed by atoms with Crippen LogP contribution in [0.2, 0.25) is 0 Å². The van der Waals surface area contributed by atoms with Crippen LogP contribution in [0.4, 0.5) is 5.95 Å². The monoisotopic (exact) mass is 227 g/mol. The van der Waals surface area contributed by atoms with E-state index in [2.05, 4.69) is 20.8 Å². The Balaban J connectivity index is 2.71. The van der Waals surface area contributed by atoms with Crippen LogP contribution in [0.25, 0.3) is 0 Å². The predicted molar refractivity (Wildman–Crippen MR) is 57.9 cm³/mol. The molecule has 0 unspecified atom stereocenters. The lowest BCUT2D eigenvalue weighted by molar-refractivity contribution is -0.148. The molecule has 0 aromatic carbocycles. The van der Waals surface area contributed by atoms with E-state index in [-0.39, 0.29) is 0 Å². The molecule has 0 aliphatic heterocycles. The number of nitrogens with zero attached hydrogens (tertiary/aromatic N) is 4. The molecular weight excluding hydrogens is 210 g/mol. The number of hydrogen-bond acceptors (Lipinski definition) is 5. The van der Waals surface area contributed by atoms with Crippen LogP contribution in [-0.4, -0.2) is 37.8 Å². The first kappa shape index (κ1) is 12.4. The molecule has 0 aliphatic rings. The molecule has 2 N–H and O–H groups in total. The van der Waals surface area contributed by atoms with Crippen molar-refractivity contribution in [3.63, 3.8) is 0 Å². The minimum atomic E-state index is -0.792. The third-order valence-corrected chi connectivity index (χ3v) is 3.01. The third kappa shape index (κ3) is 2.29. The SMILES string of the molecule is CCC(CC)(CNc1nnnn1C)C(=O)O. The summed E-state index contributed by atoms with van der Waals surface area (Å²) in [6.07, 6.45) is 1.13. The summed E-state index contributed by atoms with van der Waals surface area (Å²) in [6.45, 7) is 4.06. The molecule has 0 spiro atoms. The molecule has 1 rings (SSSR count). The van der Waals surface area contributed by atoms with Crippen molar-refractivity contribution in [1.29, 1.82) is 0 Å². The Morgan fingerprint density at radius 3 is 2.50 bits per heavy atom. The third-order valence-electron chi connectivity index (χ3n) is 3.01. The Kier molecular flexibility index (Phi) is 3.81. The maximum Gasteiger partial charge on any atom is 0.311 e. The molecule has 0 amide bonds. The van der Waals surface area contributed by atoms with Gasteiger partial charge in [0.1, 0.15) is 0 Å². The number of nitrogens with one attached hydrogen (secondary N) is 1. The standard InChI is InChI=1S/C9H17N5O2/c1-4-9(5-2,7(15)16)6-10-8-11-12-13-14(8)3/h4-6H2,1-3H3,(H,15,16)(H,10,11,13). The molecule has 1 aromatic heterocycles. The molecule has 0 aliphatic carbocycles. The number of aryl methyl sites for hydroxylation is 1. The second-order valence-corrected chi connectivity index (χ2v) is 3.77. The Morgan fingerprint density at radius 1 is 1.50 bits per heavy atom. The fraction of sp³-hybridized carbons (Fsp3) is 0.778. The Labute approximate surface area is 93.8 Å². The Morgan fingerprint density at radius 2 is 2.12 bits per heavy atom. The highest BCUT2D eigenvalue weighted by atomic mass is 16.4. The number of hydrogen-bond donors (Lipinski definition) is 2. The summed E-state index contributed by atoms with van der Waals surface area (Å²) in [4.78, 5) is 11.2. The van der Waals surface area contributed by atoms with E-state index in [1.165, 1.54) is 4.68 Å². The van der Waals surface area contributed by atoms with Gasteiger partial charge in [-0.15, -0.1) is 0 Å². The van der Waals surface area contributed by atoms with Crippen LogP contribution in [0.1, 0.15) is 26.7 Å². The van der Waals surface area contributed by atoms with Gasteiger partial charge in [-0.2, -0.15) is 0 Å². The lowest BCUT2D eigenvalue weighted by Gasteiger charge is -2.26. The summed E-state index contributed by atoms with van der Waals surface area (Å²) in [5, 5.41) is 23.1. The van der Waals surface area contributed by atoms with E-state index in [4.69, 9.17) is 0 Å². The van der Waals surface area contributed by atoms with E-state index in [0.29, 0.717) is 25.3 Å². The quantitative estimate of drug-likeness (QED) is 0.735. The maximum atomic E-state index is 11.2. The van der Waals surface area contributed by atoms with Crippen molar-refractivity contribution in [3.05, 3.63) is 0 Å². The van der Waals surface area contributed by atoms with Crippen LogP contribution in [-0.2, 0) is 11.8 Å². The average molecular weight is 227 g/mol. The van der Waals surface area contributed by atoms with E-state index in [0.717, 1.165) is 0 Å². The van der Waals surface area contributed by atoms with Crippen molar-refractivity contribution in [1.82, 2.24) is 20.2 Å². The van der Waals surface area contributed by atoms with Gasteiger partial charge in [-0.3, -0.25) is 4.79 Å². The van der Waals surface area contributed by atoms with Crippen molar-refractivity contribution in [2.75, 3.05) is 11.9 Å². The molecule has 7 nitrogen and oxygen atoms in total. The molecule has 0 bridgehead atoms. The van der Waals surface area contributed by atoms with Crippen LogP contribution in [0, 0.1) is 5.41 Å². The summed E-state index contributed by atoms with van der Waals surface area (Å²) < 4.78 is 1.47. The number of aliphatic carboxylic acids is 1. The highest BCUT2D eigenvalue weighted by Crippen LogP contribution is 2.26. The summed E-state index contributed by atoms with van der Waals surface area (Å²) in [5.41, 5.74) is -0.758. The zero-order chi connectivity index (χ0) is 12.2. The first-order valence-corrected chi connectivity index (χ1v) is 5.25. The van der Waals surface area contributed by atoms with Crippen LogP contribution < -0.4 is 5.32 Å². The van der Waals surface area contributed by atoms with Gasteiger partial charge in [0.05, 0.1) is 5.41 Å². The number of tetrazole rings is 1. The van der Waals surface area contributed by atoms with Gasteiger partial charge in [-0.1, -0.05) is 18.9 Å². The zero-order valence-corrected chi connectivity index (χ0v) is 9.77. The van der Waals surface area contributed by atoms with Crippen LogP contribution in [0.5, 0.6) is 0 Å². The Hall–Kier alpha value is -1.66. The van der Waals surface area contributed by atoms with E-state index < -0.39 is 11.4 Å². The highest BCUT2D eigenvalue weighted by molar-refractivity contribution is 5.75. The molecule has 1 aromatic rings. The predicted octanol–water partition coefficient (Wildman–Crippen LogP) is 0.513. The number of carboxylic acids is 1. The second-order valence-electron chi connectivity index (χ2n) is 3.77. The average Bonchev–Trinajstić information content (AvgIpc) is 2.66. The largest absolute Gasteiger partial charge is 0.481 e. The summed E-state index contributed by atoms with van der Waals surface area (Å²) in [7, 11) is 1.70. The van der Waals surface area contributed by atoms with Crippen molar-refractivity contribution in [3.8, 4) is 0 Å². The van der Waals surface area contributed by atoms with Crippen LogP contribution in [0.15, 0.2) is 0 Å². The summed E-state index contributed by atoms with van der Waals surface area (Å²) >= 11 is 0. The molecule has 0 atom stereocenters. The summed E-state index contributed by atoms with van der Waals surface area (Å²) in [5.74, 6) is -0.312. The topological polar surface area (TPSA) is 92.9 Å². The second kappa shape index (κ2) is 4.91. The fourth-order valence-corrected chi connectivity index (χ4v) is 1.51. The summed E-state index contributed by atoms with van der Waals surface area (Å²) in [6, 6.07) is 0. The smallest absolute Gasteiger partial charge is 0.311 e. The molecule has 90 valence electrons. The van der Waals surface area contributed by atoms with Gasteiger partial charge in [-0.25, -0.2) is 4.68 Å². The minimum absolute atomic E-state index is 0.323. The van der Waals surface area contributed by atoms with E-state index in [1.54, 1.807) is 7.05 Å². The Bertz CT molecular complexity index is 359. The highest BCUT2D eigenvalue weighted by Gasteiger charge is 2.34. The van der Waals surface area contributed by atoms with Crippen LogP contribution in [0.3, 0.4) is 0 Å². The zero-order valence-electron chi connectivity index (χ0n) is 9.77. The lowest BCUT2D eigenvalue weighted by atomic mass is 9.82. The van der Waals surface area contributed by atoms with E-state index in [9.17, 15) is 9.90 Å². The van der Waals surface area contributed by atoms with Gasteiger partial charge in [0.15, 0.2) is 0 Å². The van der Waals surface area contributed by atoms with E-state index >= 15 is 0 Å². The van der Waals surface area contributed by atoms with Gasteiger partial charge in [-0.05, 0) is 23.3 Å². The normalized spacial score (nSPS) is 11.4. The molecule has 0 saturated carbocycles. The van der Waals surface area contributed by atoms with Gasteiger partial charge >= 0.3 is 5.97 Å². The number of aromatic nitrogens is 4. The van der Waals surface area contributed by atoms with Gasteiger partial charge in [0, 0.05) is 13.6 Å². The molecule has 0 fully saturated rings. The first-order chi connectivity index (χ1) is 7.55. The molecule has 0 radical (unpaired) electrons. The van der Waals surface area contributed by atoms with Gasteiger partial charge < -0.3 is 10.4 Å². The van der Waals surface area contributed by atoms with Crippen molar-refractivity contribution >= 4 is 11.9 Å². The minimum Gasteiger partial charge on any atom is -0.481 e. The number of anilines is 1. The first-order valence-electron chi connectivity index (χ1n) is 5.25. The number of carboxylic acid groups (broad SMARTS) is 1. The number of carbonyl (C=O) groups is 1. The number of rotatable bonds is 6. The molecule has 7 heteroatoms. The van der Waals surface area contributed by atoms with Crippen LogP contribution >= 0.6 is 0 Å². The van der Waals surface area contributed by atoms with E-state index in [1.807, 2.05) is 13.8 Å². The maximum absolute atomic E-state index is 11.2. The molecule has 16 heavy (non-hydrogen) atoms. The molecule has 0 saturated heterocycles. The molecule has 1 heterocycles. The van der Waals surface area contributed by atoms with Crippen molar-refractivity contribution in [2.24, 2.45) is 12.5 Å². The van der Waals surface area contributed by atoms with Gasteiger partial charge in [0.2, 0.25) is 5.95 Å².